The van der Waals surface area contributed by atoms with E-state index in [0.29, 0.717) is 11.0 Å². The molecule has 2 heteroatoms. The van der Waals surface area contributed by atoms with Crippen LogP contribution in [0.4, 0.5) is 0 Å². The lowest BCUT2D eigenvalue weighted by Crippen LogP contribution is -2.40. The molecular formula is C11H16NO+. The minimum atomic E-state index is 0.564. The summed E-state index contributed by atoms with van der Waals surface area (Å²) in [5, 5.41) is 0. The van der Waals surface area contributed by atoms with Crippen LogP contribution in [0.5, 0.6) is 0 Å². The number of aldehydes is 1. The van der Waals surface area contributed by atoms with Gasteiger partial charge in [0, 0.05) is 5.56 Å². The second-order valence-electron chi connectivity index (χ2n) is 3.93. The molecule has 2 nitrogen and oxygen atoms in total. The molecule has 1 rings (SSSR count). The third-order valence-electron chi connectivity index (χ3n) is 2.02. The molecule has 1 aromatic rings. The number of carbonyl (C=O) groups is 1. The zero-order valence-electron chi connectivity index (χ0n) is 8.23. The quantitative estimate of drug-likeness (QED) is 0.504. The smallest absolute Gasteiger partial charge is 0.174 e. The highest BCUT2D eigenvalue weighted by Gasteiger charge is 2.13. The Bertz CT molecular complexity index is 267. The van der Waals surface area contributed by atoms with Crippen molar-refractivity contribution in [3.8, 4) is 0 Å². The van der Waals surface area contributed by atoms with E-state index in [1.807, 2.05) is 18.2 Å². The summed E-state index contributed by atoms with van der Waals surface area (Å²) in [7, 11) is 4.11. The van der Waals surface area contributed by atoms with Crippen LogP contribution in [0, 0.1) is 0 Å². The van der Waals surface area contributed by atoms with Gasteiger partial charge in [-0.25, -0.2) is 0 Å². The molecule has 0 radical (unpaired) electrons. The maximum atomic E-state index is 10.4. The van der Waals surface area contributed by atoms with Gasteiger partial charge in [0.2, 0.25) is 0 Å². The number of carbonyl (C=O) groups excluding carboxylic acids is 1. The first kappa shape index (κ1) is 9.93. The zero-order valence-corrected chi connectivity index (χ0v) is 8.23. The Hall–Kier alpha value is -1.15. The van der Waals surface area contributed by atoms with Gasteiger partial charge in [-0.3, -0.25) is 4.79 Å². The van der Waals surface area contributed by atoms with Crippen LogP contribution in [-0.2, 0) is 11.3 Å². The number of benzene rings is 1. The lowest BCUT2D eigenvalue weighted by molar-refractivity contribution is -0.895. The third-order valence-corrected chi connectivity index (χ3v) is 2.02. The van der Waals surface area contributed by atoms with E-state index in [1.165, 1.54) is 5.56 Å². The minimum absolute atomic E-state index is 0.564. The van der Waals surface area contributed by atoms with Gasteiger partial charge >= 0.3 is 0 Å². The number of likely N-dealkylation sites (N-methyl/N-ethyl adjacent to an activating group) is 1. The molecular weight excluding hydrogens is 162 g/mol. The van der Waals surface area contributed by atoms with Gasteiger partial charge in [-0.1, -0.05) is 30.3 Å². The molecule has 1 aromatic carbocycles. The molecule has 0 heterocycles. The molecule has 70 valence electrons. The monoisotopic (exact) mass is 178 g/mol. The Morgan fingerprint density at radius 1 is 1.23 bits per heavy atom. The fraction of sp³-hybridized carbons (Fsp3) is 0.364. The van der Waals surface area contributed by atoms with E-state index in [2.05, 4.69) is 26.2 Å². The van der Waals surface area contributed by atoms with Gasteiger partial charge in [0.05, 0.1) is 14.1 Å². The summed E-state index contributed by atoms with van der Waals surface area (Å²) in [6.45, 7) is 1.47. The zero-order chi connectivity index (χ0) is 9.73. The van der Waals surface area contributed by atoms with E-state index in [1.54, 1.807) is 0 Å². The van der Waals surface area contributed by atoms with Crippen molar-refractivity contribution >= 4 is 6.29 Å². The molecule has 0 amide bonds. The van der Waals surface area contributed by atoms with Gasteiger partial charge in [-0.2, -0.15) is 0 Å². The summed E-state index contributed by atoms with van der Waals surface area (Å²) >= 11 is 0. The summed E-state index contributed by atoms with van der Waals surface area (Å²) in [6.07, 6.45) is 0.975. The van der Waals surface area contributed by atoms with Gasteiger partial charge in [0.1, 0.15) is 13.1 Å². The molecule has 0 fully saturated rings. The van der Waals surface area contributed by atoms with E-state index >= 15 is 0 Å². The molecule has 0 aromatic heterocycles. The van der Waals surface area contributed by atoms with Gasteiger partial charge < -0.3 is 4.48 Å². The highest BCUT2D eigenvalue weighted by Crippen LogP contribution is 2.07. The van der Waals surface area contributed by atoms with E-state index < -0.39 is 0 Å². The molecule has 0 bridgehead atoms. The topological polar surface area (TPSA) is 17.1 Å². The van der Waals surface area contributed by atoms with E-state index in [9.17, 15) is 4.79 Å². The van der Waals surface area contributed by atoms with Crippen molar-refractivity contribution in [1.82, 2.24) is 0 Å². The maximum Gasteiger partial charge on any atom is 0.174 e. The van der Waals surface area contributed by atoms with Crippen molar-refractivity contribution in [1.29, 1.82) is 0 Å². The van der Waals surface area contributed by atoms with E-state index in [-0.39, 0.29) is 0 Å². The predicted molar refractivity (Wildman–Crippen MR) is 53.2 cm³/mol. The molecule has 0 saturated heterocycles. The van der Waals surface area contributed by atoms with Crippen LogP contribution in [0.25, 0.3) is 0 Å². The summed E-state index contributed by atoms with van der Waals surface area (Å²) in [4.78, 5) is 10.4. The fourth-order valence-corrected chi connectivity index (χ4v) is 1.34. The van der Waals surface area contributed by atoms with Crippen LogP contribution in [0.15, 0.2) is 30.3 Å². The number of hydrogen-bond acceptors (Lipinski definition) is 1. The lowest BCUT2D eigenvalue weighted by Gasteiger charge is -2.27. The Balaban J connectivity index is 2.63. The van der Waals surface area contributed by atoms with E-state index in [4.69, 9.17) is 0 Å². The lowest BCUT2D eigenvalue weighted by atomic mass is 10.2. The van der Waals surface area contributed by atoms with Crippen LogP contribution in [0.2, 0.25) is 0 Å². The Morgan fingerprint density at radius 3 is 2.38 bits per heavy atom. The van der Waals surface area contributed by atoms with Crippen molar-refractivity contribution in [3.05, 3.63) is 35.9 Å². The normalized spacial score (nSPS) is 11.2. The van der Waals surface area contributed by atoms with Crippen LogP contribution < -0.4 is 0 Å². The minimum Gasteiger partial charge on any atom is -0.319 e. The standard InChI is InChI=1S/C11H16NO/c1-12(2,8-9-13)10-11-6-4-3-5-7-11/h3-7,9H,8,10H2,1-2H3/q+1. The summed E-state index contributed by atoms with van der Waals surface area (Å²) in [6, 6.07) is 10.2. The first-order valence-corrected chi connectivity index (χ1v) is 4.44. The predicted octanol–water partition coefficient (Wildman–Crippen LogP) is 1.46. The van der Waals surface area contributed by atoms with Crippen LogP contribution in [-0.4, -0.2) is 31.4 Å². The Morgan fingerprint density at radius 2 is 1.85 bits per heavy atom. The van der Waals surface area contributed by atoms with Gasteiger partial charge in [-0.15, -0.1) is 0 Å². The number of nitrogens with zero attached hydrogens (tertiary/aromatic N) is 1. The summed E-state index contributed by atoms with van der Waals surface area (Å²) in [5.74, 6) is 0. The fourth-order valence-electron chi connectivity index (χ4n) is 1.34. The highest BCUT2D eigenvalue weighted by atomic mass is 16.1. The molecule has 0 N–H and O–H groups in total. The first-order valence-electron chi connectivity index (χ1n) is 4.44. The molecule has 0 unspecified atom stereocenters. The Kier molecular flexibility index (Phi) is 3.20. The van der Waals surface area contributed by atoms with Crippen LogP contribution in [0.3, 0.4) is 0 Å². The van der Waals surface area contributed by atoms with Crippen molar-refractivity contribution in [3.63, 3.8) is 0 Å². The molecule has 0 saturated carbocycles. The maximum absolute atomic E-state index is 10.4. The Labute approximate surface area is 79.4 Å². The van der Waals surface area contributed by atoms with Crippen molar-refractivity contribution in [2.24, 2.45) is 0 Å². The number of quaternary nitrogens is 1. The molecule has 0 aliphatic rings. The summed E-state index contributed by atoms with van der Waals surface area (Å²) < 4.78 is 0.716. The summed E-state index contributed by atoms with van der Waals surface area (Å²) in [5.41, 5.74) is 1.27. The number of rotatable bonds is 4. The van der Waals surface area contributed by atoms with Crippen LogP contribution in [0.1, 0.15) is 5.56 Å². The second-order valence-corrected chi connectivity index (χ2v) is 3.93. The average Bonchev–Trinajstić information content (AvgIpc) is 2.04. The first-order chi connectivity index (χ1) is 6.14. The highest BCUT2D eigenvalue weighted by molar-refractivity contribution is 5.50. The number of hydrogen-bond donors (Lipinski definition) is 0. The molecule has 0 aliphatic heterocycles. The third kappa shape index (κ3) is 3.38. The molecule has 0 atom stereocenters. The van der Waals surface area contributed by atoms with E-state index in [0.717, 1.165) is 12.8 Å². The van der Waals surface area contributed by atoms with Crippen molar-refractivity contribution in [2.75, 3.05) is 20.6 Å². The van der Waals surface area contributed by atoms with Gasteiger partial charge in [0.15, 0.2) is 6.29 Å². The molecule has 13 heavy (non-hydrogen) atoms. The average molecular weight is 178 g/mol. The van der Waals surface area contributed by atoms with Gasteiger partial charge in [-0.05, 0) is 0 Å². The van der Waals surface area contributed by atoms with Gasteiger partial charge in [0.25, 0.3) is 0 Å². The van der Waals surface area contributed by atoms with Crippen molar-refractivity contribution < 1.29 is 9.28 Å². The SMILES string of the molecule is C[N+](C)(CC=O)Cc1ccccc1. The molecule has 0 spiro atoms. The molecule has 0 aliphatic carbocycles. The second kappa shape index (κ2) is 4.19. The largest absolute Gasteiger partial charge is 0.319 e. The van der Waals surface area contributed by atoms with Crippen LogP contribution >= 0.6 is 0 Å². The van der Waals surface area contributed by atoms with Crippen molar-refractivity contribution in [2.45, 2.75) is 6.54 Å².